The van der Waals surface area contributed by atoms with Gasteiger partial charge in [0.1, 0.15) is 0 Å². The quantitative estimate of drug-likeness (QED) is 0.232. The molecular formula is C27H40IN3P+3. The first-order chi connectivity index (χ1) is 14.6. The van der Waals surface area contributed by atoms with E-state index in [9.17, 15) is 0 Å². The summed E-state index contributed by atoms with van der Waals surface area (Å²) in [5, 5.41) is 4.31. The molecule has 0 aliphatic carbocycles. The van der Waals surface area contributed by atoms with Gasteiger partial charge in [-0.25, -0.2) is 0 Å². The molecular weight excluding hydrogens is 524 g/mol. The molecule has 0 unspecified atom stereocenters. The second-order valence-electron chi connectivity index (χ2n) is 11.3. The van der Waals surface area contributed by atoms with Crippen LogP contribution in [-0.4, -0.2) is 63.4 Å². The van der Waals surface area contributed by atoms with Crippen LogP contribution < -0.4 is 29.4 Å². The minimum absolute atomic E-state index is 0.826. The number of benzene rings is 3. The van der Waals surface area contributed by atoms with E-state index in [-0.39, 0.29) is 0 Å². The minimum atomic E-state index is -2.17. The standard InChI is InChI=1S/C27H40IN3P/c1-29(2,3)22-10-16-25(17-11-22)32(28,26-18-12-23(13-19-26)30(4,5)6)27-20-14-24(15-21-27)31(7,8)9/h10-21,32H,1-9H3/q+3. The summed E-state index contributed by atoms with van der Waals surface area (Å²) in [4.78, 5) is -2.17. The Kier molecular flexibility index (Phi) is 6.97. The first kappa shape index (κ1) is 25.3. The molecule has 0 saturated heterocycles. The van der Waals surface area contributed by atoms with E-state index >= 15 is 0 Å². The zero-order chi connectivity index (χ0) is 23.9. The van der Waals surface area contributed by atoms with E-state index < -0.39 is 4.90 Å². The fraction of sp³-hybridized carbons (Fsp3) is 0.333. The van der Waals surface area contributed by atoms with Gasteiger partial charge in [0.2, 0.25) is 0 Å². The van der Waals surface area contributed by atoms with Crippen LogP contribution in [0.25, 0.3) is 0 Å². The molecule has 5 heteroatoms. The predicted octanol–water partition coefficient (Wildman–Crippen LogP) is 4.65. The molecule has 3 rings (SSSR count). The molecule has 0 radical (unpaired) electrons. The van der Waals surface area contributed by atoms with E-state index in [4.69, 9.17) is 0 Å². The Morgan fingerprint density at radius 2 is 0.594 bits per heavy atom. The number of rotatable bonds is 6. The third kappa shape index (κ3) is 5.26. The molecule has 0 bridgehead atoms. The van der Waals surface area contributed by atoms with Gasteiger partial charge in [0, 0.05) is 0 Å². The first-order valence-corrected chi connectivity index (χ1v) is 16.2. The molecule has 0 aliphatic rings. The third-order valence-electron chi connectivity index (χ3n) is 6.12. The van der Waals surface area contributed by atoms with Crippen LogP contribution in [0, 0.1) is 0 Å². The van der Waals surface area contributed by atoms with Crippen molar-refractivity contribution in [3.05, 3.63) is 72.8 Å². The Balaban J connectivity index is 2.17. The summed E-state index contributed by atoms with van der Waals surface area (Å²) in [5.41, 5.74) is 3.96. The van der Waals surface area contributed by atoms with Crippen molar-refractivity contribution in [1.29, 1.82) is 0 Å². The Morgan fingerprint density at radius 1 is 0.406 bits per heavy atom. The Morgan fingerprint density at radius 3 is 0.750 bits per heavy atom. The van der Waals surface area contributed by atoms with Crippen molar-refractivity contribution in [2.75, 3.05) is 63.4 Å². The first-order valence-electron chi connectivity index (χ1n) is 11.1. The number of quaternary nitrogens is 3. The van der Waals surface area contributed by atoms with E-state index in [1.807, 2.05) is 0 Å². The van der Waals surface area contributed by atoms with E-state index in [1.165, 1.54) is 33.0 Å². The maximum absolute atomic E-state index is 2.79. The van der Waals surface area contributed by atoms with Crippen LogP contribution >= 0.6 is 26.9 Å². The average molecular weight is 565 g/mol. The molecule has 3 nitrogen and oxygen atoms in total. The average Bonchev–Trinajstić information content (AvgIpc) is 2.71. The molecule has 0 amide bonds. The van der Waals surface area contributed by atoms with E-state index in [1.54, 1.807) is 0 Å². The van der Waals surface area contributed by atoms with Gasteiger partial charge in [-0.1, -0.05) is 0 Å². The van der Waals surface area contributed by atoms with Crippen molar-refractivity contribution in [2.24, 2.45) is 0 Å². The summed E-state index contributed by atoms with van der Waals surface area (Å²) in [6.45, 7) is 0. The second kappa shape index (κ2) is 8.81. The predicted molar refractivity (Wildman–Crippen MR) is 159 cm³/mol. The van der Waals surface area contributed by atoms with Crippen molar-refractivity contribution in [1.82, 2.24) is 13.4 Å². The molecule has 3 aromatic rings. The Labute approximate surface area is 208 Å². The van der Waals surface area contributed by atoms with Gasteiger partial charge < -0.3 is 0 Å². The van der Waals surface area contributed by atoms with Gasteiger partial charge in [0.15, 0.2) is 0 Å². The molecule has 0 aromatic heterocycles. The van der Waals surface area contributed by atoms with Crippen molar-refractivity contribution in [3.8, 4) is 0 Å². The van der Waals surface area contributed by atoms with Crippen LogP contribution in [0.15, 0.2) is 72.8 Å². The van der Waals surface area contributed by atoms with Crippen molar-refractivity contribution >= 4 is 59.9 Å². The van der Waals surface area contributed by atoms with Gasteiger partial charge in [0.05, 0.1) is 0 Å². The van der Waals surface area contributed by atoms with Crippen LogP contribution in [-0.2, 0) is 0 Å². The van der Waals surface area contributed by atoms with Gasteiger partial charge in [-0.05, 0) is 0 Å². The summed E-state index contributed by atoms with van der Waals surface area (Å²) >= 11 is 2.79. The summed E-state index contributed by atoms with van der Waals surface area (Å²) in [6.07, 6.45) is 0. The number of halogens is 1. The molecule has 172 valence electrons. The van der Waals surface area contributed by atoms with Gasteiger partial charge in [-0.3, -0.25) is 0 Å². The molecule has 0 spiro atoms. The number of hydrogen-bond donors (Lipinski definition) is 0. The molecule has 0 atom stereocenters. The fourth-order valence-electron chi connectivity index (χ4n) is 3.91. The summed E-state index contributed by atoms with van der Waals surface area (Å²) in [7, 11) is 20.0. The molecule has 0 heterocycles. The van der Waals surface area contributed by atoms with E-state index in [0.717, 1.165) is 13.4 Å². The second-order valence-corrected chi connectivity index (χ2v) is 19.2. The zero-order valence-corrected chi connectivity index (χ0v) is 24.3. The zero-order valence-electron chi connectivity index (χ0n) is 21.1. The van der Waals surface area contributed by atoms with E-state index in [2.05, 4.69) is 158 Å². The fourth-order valence-corrected chi connectivity index (χ4v) is 10.0. The monoisotopic (exact) mass is 564 g/mol. The molecule has 0 saturated carbocycles. The molecule has 32 heavy (non-hydrogen) atoms. The SMILES string of the molecule is C[N+](C)(C)c1ccc([PH](I)(c2ccc([N+](C)(C)C)cc2)c2ccc([N+](C)(C)C)cc2)cc1. The Bertz CT molecular complexity index is 913. The summed E-state index contributed by atoms with van der Waals surface area (Å²) in [5.74, 6) is 0. The van der Waals surface area contributed by atoms with Gasteiger partial charge in [-0.2, -0.15) is 0 Å². The summed E-state index contributed by atoms with van der Waals surface area (Å²) < 4.78 is 2.48. The van der Waals surface area contributed by atoms with Crippen LogP contribution in [0.4, 0.5) is 17.1 Å². The number of nitrogens with zero attached hydrogens (tertiary/aromatic N) is 3. The maximum atomic E-state index is 2.79. The van der Waals surface area contributed by atoms with Crippen molar-refractivity contribution < 1.29 is 0 Å². The van der Waals surface area contributed by atoms with Crippen molar-refractivity contribution in [3.63, 3.8) is 0 Å². The molecule has 0 N–H and O–H groups in total. The van der Waals surface area contributed by atoms with Gasteiger partial charge in [-0.15, -0.1) is 0 Å². The van der Waals surface area contributed by atoms with Crippen LogP contribution in [0.3, 0.4) is 0 Å². The number of hydrogen-bond acceptors (Lipinski definition) is 0. The van der Waals surface area contributed by atoms with Crippen LogP contribution in [0.5, 0.6) is 0 Å². The summed E-state index contributed by atoms with van der Waals surface area (Å²) in [6, 6.07) is 28.0. The topological polar surface area (TPSA) is 0 Å². The molecule has 3 aromatic carbocycles. The van der Waals surface area contributed by atoms with Gasteiger partial charge in [0.25, 0.3) is 0 Å². The van der Waals surface area contributed by atoms with Gasteiger partial charge >= 0.3 is 210 Å². The van der Waals surface area contributed by atoms with Crippen molar-refractivity contribution in [2.45, 2.75) is 0 Å². The normalized spacial score (nSPS) is 13.8. The van der Waals surface area contributed by atoms with Crippen LogP contribution in [0.2, 0.25) is 0 Å². The molecule has 0 fully saturated rings. The Hall–Kier alpha value is -1.30. The van der Waals surface area contributed by atoms with Crippen LogP contribution in [0.1, 0.15) is 0 Å². The third-order valence-corrected chi connectivity index (χ3v) is 15.1. The van der Waals surface area contributed by atoms with E-state index in [0.29, 0.717) is 0 Å². The molecule has 0 aliphatic heterocycles.